The van der Waals surface area contributed by atoms with E-state index in [2.05, 4.69) is 44.4 Å². The topological polar surface area (TPSA) is 49.8 Å². The van der Waals surface area contributed by atoms with E-state index in [1.165, 1.54) is 5.56 Å². The highest BCUT2D eigenvalue weighted by Crippen LogP contribution is 2.11. The first-order valence-corrected chi connectivity index (χ1v) is 6.63. The smallest absolute Gasteiger partial charge is 0.131 e. The molecular weight excluding hydrogens is 232 g/mol. The summed E-state index contributed by atoms with van der Waals surface area (Å²) >= 11 is 1.70. The van der Waals surface area contributed by atoms with Crippen LogP contribution in [0.2, 0.25) is 0 Å². The molecule has 0 bridgehead atoms. The molecule has 0 saturated heterocycles. The van der Waals surface area contributed by atoms with Crippen molar-refractivity contribution in [3.63, 3.8) is 0 Å². The number of hydrogen-bond donors (Lipinski definition) is 2. The van der Waals surface area contributed by atoms with Gasteiger partial charge in [0.2, 0.25) is 0 Å². The van der Waals surface area contributed by atoms with Crippen molar-refractivity contribution in [2.75, 3.05) is 17.2 Å². The number of hydrogen-bond acceptors (Lipinski definition) is 5. The molecule has 0 radical (unpaired) electrons. The Kier molecular flexibility index (Phi) is 4.32. The lowest BCUT2D eigenvalue weighted by molar-refractivity contribution is 0.963. The highest BCUT2D eigenvalue weighted by molar-refractivity contribution is 7.07. The maximum atomic E-state index is 4.19. The van der Waals surface area contributed by atoms with Crippen LogP contribution in [-0.4, -0.2) is 16.5 Å². The minimum atomic E-state index is 0.799. The predicted octanol–water partition coefficient (Wildman–Crippen LogP) is 2.97. The summed E-state index contributed by atoms with van der Waals surface area (Å²) < 4.78 is 0. The molecule has 0 amide bonds. The first-order chi connectivity index (χ1) is 8.38. The van der Waals surface area contributed by atoms with E-state index in [1.807, 2.05) is 6.07 Å². The molecule has 0 unspecified atom stereocenters. The minimum absolute atomic E-state index is 0.799. The van der Waals surface area contributed by atoms with Gasteiger partial charge in [0, 0.05) is 19.2 Å². The summed E-state index contributed by atoms with van der Waals surface area (Å²) in [4.78, 5) is 8.35. The second kappa shape index (κ2) is 6.20. The van der Waals surface area contributed by atoms with Gasteiger partial charge in [0.1, 0.15) is 18.0 Å². The Bertz CT molecular complexity index is 442. The number of aromatic nitrogens is 2. The Balaban J connectivity index is 1.91. The van der Waals surface area contributed by atoms with Crippen LogP contribution in [0.4, 0.5) is 11.6 Å². The summed E-state index contributed by atoms with van der Waals surface area (Å²) in [5, 5.41) is 10.7. The zero-order valence-corrected chi connectivity index (χ0v) is 10.6. The number of nitrogens with zero attached hydrogens (tertiary/aromatic N) is 2. The Morgan fingerprint density at radius 1 is 1.24 bits per heavy atom. The first kappa shape index (κ1) is 11.9. The molecular formula is C12H16N4S. The Morgan fingerprint density at radius 2 is 2.06 bits per heavy atom. The number of thiophene rings is 1. The normalized spacial score (nSPS) is 10.2. The third-order valence-electron chi connectivity index (χ3n) is 2.28. The molecule has 2 heterocycles. The van der Waals surface area contributed by atoms with Crippen molar-refractivity contribution in [3.05, 3.63) is 34.8 Å². The zero-order valence-electron chi connectivity index (χ0n) is 9.81. The van der Waals surface area contributed by atoms with Crippen LogP contribution >= 0.6 is 11.3 Å². The molecule has 17 heavy (non-hydrogen) atoms. The van der Waals surface area contributed by atoms with E-state index < -0.39 is 0 Å². The fourth-order valence-electron chi connectivity index (χ4n) is 1.39. The summed E-state index contributed by atoms with van der Waals surface area (Å²) in [6, 6.07) is 4.04. The molecule has 5 heteroatoms. The van der Waals surface area contributed by atoms with Gasteiger partial charge in [0.25, 0.3) is 0 Å². The molecule has 0 aromatic carbocycles. The van der Waals surface area contributed by atoms with Crippen molar-refractivity contribution in [3.8, 4) is 0 Å². The molecule has 0 atom stereocenters. The number of anilines is 2. The molecule has 2 aromatic rings. The third-order valence-corrected chi connectivity index (χ3v) is 3.01. The lowest BCUT2D eigenvalue weighted by Gasteiger charge is -2.07. The molecule has 4 nitrogen and oxygen atoms in total. The van der Waals surface area contributed by atoms with Crippen LogP contribution in [0.15, 0.2) is 29.2 Å². The Morgan fingerprint density at radius 3 is 2.76 bits per heavy atom. The Hall–Kier alpha value is -1.62. The largest absolute Gasteiger partial charge is 0.370 e. The molecule has 2 rings (SSSR count). The van der Waals surface area contributed by atoms with E-state index in [4.69, 9.17) is 0 Å². The van der Waals surface area contributed by atoms with Crippen molar-refractivity contribution in [1.82, 2.24) is 9.97 Å². The van der Waals surface area contributed by atoms with Gasteiger partial charge in [-0.2, -0.15) is 11.3 Å². The fourth-order valence-corrected chi connectivity index (χ4v) is 2.06. The van der Waals surface area contributed by atoms with Crippen molar-refractivity contribution in [2.45, 2.75) is 19.9 Å². The zero-order chi connectivity index (χ0) is 11.9. The summed E-state index contributed by atoms with van der Waals surface area (Å²) in [5.74, 6) is 1.72. The van der Waals surface area contributed by atoms with E-state index >= 15 is 0 Å². The van der Waals surface area contributed by atoms with E-state index in [1.54, 1.807) is 17.7 Å². The van der Waals surface area contributed by atoms with Crippen LogP contribution in [0.3, 0.4) is 0 Å². The second-order valence-electron chi connectivity index (χ2n) is 3.70. The molecule has 0 saturated carbocycles. The van der Waals surface area contributed by atoms with Gasteiger partial charge in [0.05, 0.1) is 0 Å². The van der Waals surface area contributed by atoms with Gasteiger partial charge >= 0.3 is 0 Å². The van der Waals surface area contributed by atoms with Gasteiger partial charge in [-0.1, -0.05) is 6.92 Å². The average Bonchev–Trinajstić information content (AvgIpc) is 2.87. The van der Waals surface area contributed by atoms with Gasteiger partial charge in [0.15, 0.2) is 0 Å². The lowest BCUT2D eigenvalue weighted by atomic mass is 10.3. The van der Waals surface area contributed by atoms with Crippen LogP contribution in [0, 0.1) is 0 Å². The summed E-state index contributed by atoms with van der Waals surface area (Å²) in [6.07, 6.45) is 2.66. The van der Waals surface area contributed by atoms with E-state index in [-0.39, 0.29) is 0 Å². The van der Waals surface area contributed by atoms with Gasteiger partial charge < -0.3 is 10.6 Å². The molecule has 0 aliphatic carbocycles. The average molecular weight is 248 g/mol. The monoisotopic (exact) mass is 248 g/mol. The molecule has 0 aliphatic rings. The van der Waals surface area contributed by atoms with Crippen LogP contribution < -0.4 is 10.6 Å². The maximum absolute atomic E-state index is 4.19. The molecule has 90 valence electrons. The molecule has 0 fully saturated rings. The quantitative estimate of drug-likeness (QED) is 0.825. The van der Waals surface area contributed by atoms with Gasteiger partial charge in [-0.25, -0.2) is 9.97 Å². The van der Waals surface area contributed by atoms with E-state index in [0.717, 1.165) is 31.1 Å². The maximum Gasteiger partial charge on any atom is 0.131 e. The van der Waals surface area contributed by atoms with Crippen LogP contribution in [-0.2, 0) is 6.54 Å². The summed E-state index contributed by atoms with van der Waals surface area (Å²) in [5.41, 5.74) is 1.27. The summed E-state index contributed by atoms with van der Waals surface area (Å²) in [6.45, 7) is 3.86. The Labute approximate surface area is 105 Å². The fraction of sp³-hybridized carbons (Fsp3) is 0.333. The van der Waals surface area contributed by atoms with Gasteiger partial charge in [-0.3, -0.25) is 0 Å². The van der Waals surface area contributed by atoms with E-state index in [0.29, 0.717) is 0 Å². The SMILES string of the molecule is CCCNc1cc(NCc2ccsc2)ncn1. The standard InChI is InChI=1S/C12H16N4S/c1-2-4-13-11-6-12(16-9-15-11)14-7-10-3-5-17-8-10/h3,5-6,8-9H,2,4,7H2,1H3,(H2,13,14,15,16). The van der Waals surface area contributed by atoms with Crippen molar-refractivity contribution >= 4 is 23.0 Å². The summed E-state index contributed by atoms with van der Waals surface area (Å²) in [7, 11) is 0. The lowest BCUT2D eigenvalue weighted by Crippen LogP contribution is -2.05. The molecule has 0 aliphatic heterocycles. The van der Waals surface area contributed by atoms with Gasteiger partial charge in [-0.05, 0) is 28.8 Å². The predicted molar refractivity (Wildman–Crippen MR) is 72.5 cm³/mol. The van der Waals surface area contributed by atoms with Crippen LogP contribution in [0.1, 0.15) is 18.9 Å². The highest BCUT2D eigenvalue weighted by atomic mass is 32.1. The molecule has 0 spiro atoms. The molecule has 2 N–H and O–H groups in total. The molecule has 2 aromatic heterocycles. The van der Waals surface area contributed by atoms with Crippen molar-refractivity contribution in [2.24, 2.45) is 0 Å². The van der Waals surface area contributed by atoms with Crippen molar-refractivity contribution < 1.29 is 0 Å². The highest BCUT2D eigenvalue weighted by Gasteiger charge is 1.98. The van der Waals surface area contributed by atoms with Crippen LogP contribution in [0.5, 0.6) is 0 Å². The van der Waals surface area contributed by atoms with Crippen molar-refractivity contribution in [1.29, 1.82) is 0 Å². The number of nitrogens with one attached hydrogen (secondary N) is 2. The second-order valence-corrected chi connectivity index (χ2v) is 4.48. The first-order valence-electron chi connectivity index (χ1n) is 5.69. The minimum Gasteiger partial charge on any atom is -0.370 e. The van der Waals surface area contributed by atoms with E-state index in [9.17, 15) is 0 Å². The van der Waals surface area contributed by atoms with Gasteiger partial charge in [-0.15, -0.1) is 0 Å². The van der Waals surface area contributed by atoms with Crippen LogP contribution in [0.25, 0.3) is 0 Å². The number of rotatable bonds is 6. The third kappa shape index (κ3) is 3.71.